The maximum absolute atomic E-state index is 13.2. The van der Waals surface area contributed by atoms with Gasteiger partial charge < -0.3 is 0 Å². The van der Waals surface area contributed by atoms with Crippen molar-refractivity contribution in [2.45, 2.75) is 0 Å². The summed E-state index contributed by atoms with van der Waals surface area (Å²) in [6.45, 7) is 0. The number of carbonyl (C=O) groups excluding carboxylic acids is 1. The van der Waals surface area contributed by atoms with E-state index in [1.54, 1.807) is 24.3 Å². The number of nitrogens with one attached hydrogen (secondary N) is 1. The fourth-order valence-electron chi connectivity index (χ4n) is 2.19. The minimum absolute atomic E-state index is 0.313. The molecule has 0 heterocycles. The first-order chi connectivity index (χ1) is 11.6. The molecule has 0 fully saturated rings. The number of nitrogens with zero attached hydrogens (tertiary/aromatic N) is 1. The molecule has 0 aromatic heterocycles. The minimum Gasteiger partial charge on any atom is -0.291 e. The average molecular weight is 324 g/mol. The van der Waals surface area contributed by atoms with Crippen LogP contribution in [-0.2, 0) is 0 Å². The number of amides is 1. The maximum atomic E-state index is 13.2. The van der Waals surface area contributed by atoms with E-state index in [-0.39, 0.29) is 11.7 Å². The molecule has 0 unspecified atom stereocenters. The summed E-state index contributed by atoms with van der Waals surface area (Å²) < 4.78 is 26.2. The number of carbonyl (C=O) groups is 1. The Bertz CT molecular complexity index is 818. The Morgan fingerprint density at radius 1 is 0.750 bits per heavy atom. The zero-order valence-corrected chi connectivity index (χ0v) is 12.6. The maximum Gasteiger partial charge on any atom is 0.276 e. The van der Waals surface area contributed by atoms with Crippen LogP contribution in [0.5, 0.6) is 0 Å². The van der Waals surface area contributed by atoms with E-state index in [0.717, 1.165) is 0 Å². The van der Waals surface area contributed by atoms with Gasteiger partial charge in [-0.3, -0.25) is 10.2 Å². The van der Waals surface area contributed by atoms with Crippen LogP contribution >= 0.6 is 0 Å². The van der Waals surface area contributed by atoms with Crippen LogP contribution in [0.15, 0.2) is 78.9 Å². The van der Waals surface area contributed by atoms with Crippen molar-refractivity contribution in [1.29, 1.82) is 0 Å². The van der Waals surface area contributed by atoms with E-state index in [0.29, 0.717) is 16.9 Å². The highest BCUT2D eigenvalue weighted by Gasteiger charge is 2.18. The summed E-state index contributed by atoms with van der Waals surface area (Å²) in [5.74, 6) is -1.08. The number of halogens is 2. The zero-order valence-electron chi connectivity index (χ0n) is 12.6. The van der Waals surface area contributed by atoms with Crippen molar-refractivity contribution >= 4 is 17.3 Å². The first-order valence-corrected chi connectivity index (χ1v) is 7.31. The fraction of sp³-hybridized carbons (Fsp3) is 0. The normalized spacial score (nSPS) is 10.2. The lowest BCUT2D eigenvalue weighted by atomic mass is 10.2. The smallest absolute Gasteiger partial charge is 0.276 e. The first kappa shape index (κ1) is 15.7. The number of hydrogen-bond acceptors (Lipinski definition) is 2. The Labute approximate surface area is 138 Å². The van der Waals surface area contributed by atoms with Gasteiger partial charge in [0.15, 0.2) is 0 Å². The first-order valence-electron chi connectivity index (χ1n) is 7.31. The molecule has 5 heteroatoms. The van der Waals surface area contributed by atoms with Gasteiger partial charge >= 0.3 is 0 Å². The zero-order chi connectivity index (χ0) is 16.9. The molecule has 0 spiro atoms. The average Bonchev–Trinajstić information content (AvgIpc) is 2.62. The molecule has 0 bridgehead atoms. The van der Waals surface area contributed by atoms with Gasteiger partial charge in [0.05, 0.1) is 11.4 Å². The van der Waals surface area contributed by atoms with E-state index < -0.39 is 5.82 Å². The summed E-state index contributed by atoms with van der Waals surface area (Å²) in [5.41, 5.74) is 4.40. The number of hydrogen-bond donors (Lipinski definition) is 1. The third-order valence-electron chi connectivity index (χ3n) is 3.39. The largest absolute Gasteiger partial charge is 0.291 e. The molecule has 3 aromatic rings. The van der Waals surface area contributed by atoms with Crippen molar-refractivity contribution in [3.63, 3.8) is 0 Å². The lowest BCUT2D eigenvalue weighted by Crippen LogP contribution is -2.36. The van der Waals surface area contributed by atoms with Crippen LogP contribution < -0.4 is 10.4 Å². The predicted octanol–water partition coefficient (Wildman–Crippen LogP) is 4.64. The predicted molar refractivity (Wildman–Crippen MR) is 89.7 cm³/mol. The van der Waals surface area contributed by atoms with Gasteiger partial charge in [-0.25, -0.2) is 13.8 Å². The second-order valence-corrected chi connectivity index (χ2v) is 5.10. The monoisotopic (exact) mass is 324 g/mol. The van der Waals surface area contributed by atoms with Crippen LogP contribution in [0.4, 0.5) is 20.2 Å². The van der Waals surface area contributed by atoms with Crippen molar-refractivity contribution in [3.05, 3.63) is 96.1 Å². The highest BCUT2D eigenvalue weighted by atomic mass is 19.1. The van der Waals surface area contributed by atoms with Crippen LogP contribution in [-0.4, -0.2) is 5.91 Å². The van der Waals surface area contributed by atoms with Crippen molar-refractivity contribution in [2.24, 2.45) is 0 Å². The summed E-state index contributed by atoms with van der Waals surface area (Å²) >= 11 is 0. The Kier molecular flexibility index (Phi) is 4.52. The number of benzene rings is 3. The molecule has 1 amide bonds. The summed E-state index contributed by atoms with van der Waals surface area (Å²) in [7, 11) is 0. The lowest BCUT2D eigenvalue weighted by Gasteiger charge is -2.24. The molecule has 0 saturated heterocycles. The quantitative estimate of drug-likeness (QED) is 0.709. The van der Waals surface area contributed by atoms with Gasteiger partial charge in [0.25, 0.3) is 5.91 Å². The lowest BCUT2D eigenvalue weighted by molar-refractivity contribution is 0.0992. The van der Waals surface area contributed by atoms with Gasteiger partial charge in [-0.05, 0) is 60.7 Å². The van der Waals surface area contributed by atoms with Gasteiger partial charge in [0.2, 0.25) is 0 Å². The molecular formula is C19H14F2N2O. The molecule has 3 aromatic carbocycles. The fourth-order valence-corrected chi connectivity index (χ4v) is 2.19. The molecule has 0 aliphatic carbocycles. The van der Waals surface area contributed by atoms with Gasteiger partial charge in [0, 0.05) is 5.56 Å². The topological polar surface area (TPSA) is 32.3 Å². The highest BCUT2D eigenvalue weighted by Crippen LogP contribution is 2.20. The van der Waals surface area contributed by atoms with Crippen LogP contribution in [0.3, 0.4) is 0 Å². The van der Waals surface area contributed by atoms with Crippen molar-refractivity contribution in [3.8, 4) is 0 Å². The molecule has 3 rings (SSSR count). The van der Waals surface area contributed by atoms with Gasteiger partial charge in [-0.2, -0.15) is 0 Å². The van der Waals surface area contributed by atoms with Crippen molar-refractivity contribution in [1.82, 2.24) is 0 Å². The summed E-state index contributed by atoms with van der Waals surface area (Å²) in [4.78, 5) is 12.8. The number of rotatable bonds is 4. The van der Waals surface area contributed by atoms with E-state index in [2.05, 4.69) is 5.43 Å². The van der Waals surface area contributed by atoms with E-state index in [1.165, 1.54) is 53.5 Å². The van der Waals surface area contributed by atoms with E-state index in [4.69, 9.17) is 0 Å². The molecule has 24 heavy (non-hydrogen) atoms. The third-order valence-corrected chi connectivity index (χ3v) is 3.39. The Morgan fingerprint density at radius 2 is 1.29 bits per heavy atom. The number of hydrazine groups is 1. The second kappa shape index (κ2) is 6.91. The molecule has 0 saturated carbocycles. The SMILES string of the molecule is O=C(c1ccccc1)N(Nc1ccc(F)cc1)c1ccc(F)cc1. The van der Waals surface area contributed by atoms with Gasteiger partial charge in [-0.15, -0.1) is 0 Å². The minimum atomic E-state index is -0.396. The summed E-state index contributed by atoms with van der Waals surface area (Å²) in [6, 6.07) is 19.8. The molecule has 1 N–H and O–H groups in total. The Balaban J connectivity index is 1.95. The van der Waals surface area contributed by atoms with E-state index in [9.17, 15) is 13.6 Å². The molecule has 0 aliphatic heterocycles. The van der Waals surface area contributed by atoms with Crippen LogP contribution in [0.25, 0.3) is 0 Å². The number of anilines is 2. The standard InChI is InChI=1S/C19H14F2N2O/c20-15-6-10-17(11-7-15)22-23(18-12-8-16(21)9-13-18)19(24)14-4-2-1-3-5-14/h1-13,22H. The Hall–Kier alpha value is -3.21. The summed E-state index contributed by atoms with van der Waals surface area (Å²) in [5, 5.41) is 1.29. The van der Waals surface area contributed by atoms with Crippen LogP contribution in [0, 0.1) is 11.6 Å². The molecule has 120 valence electrons. The van der Waals surface area contributed by atoms with E-state index in [1.807, 2.05) is 6.07 Å². The highest BCUT2D eigenvalue weighted by molar-refractivity contribution is 6.07. The van der Waals surface area contributed by atoms with Crippen molar-refractivity contribution < 1.29 is 13.6 Å². The summed E-state index contributed by atoms with van der Waals surface area (Å²) in [6.07, 6.45) is 0. The molecular weight excluding hydrogens is 310 g/mol. The van der Waals surface area contributed by atoms with Crippen molar-refractivity contribution in [2.75, 3.05) is 10.4 Å². The molecule has 0 radical (unpaired) electrons. The van der Waals surface area contributed by atoms with E-state index >= 15 is 0 Å². The van der Waals surface area contributed by atoms with Crippen LogP contribution in [0.2, 0.25) is 0 Å². The van der Waals surface area contributed by atoms with Crippen LogP contribution in [0.1, 0.15) is 10.4 Å². The molecule has 0 atom stereocenters. The van der Waals surface area contributed by atoms with Gasteiger partial charge in [0.1, 0.15) is 11.6 Å². The van der Waals surface area contributed by atoms with Gasteiger partial charge in [-0.1, -0.05) is 18.2 Å². The molecule has 3 nitrogen and oxygen atoms in total. The second-order valence-electron chi connectivity index (χ2n) is 5.10. The third kappa shape index (κ3) is 3.57. The Morgan fingerprint density at radius 3 is 1.88 bits per heavy atom. The molecule has 0 aliphatic rings.